The molecule has 0 saturated carbocycles. The molecule has 0 aromatic rings. The van der Waals surface area contributed by atoms with E-state index in [9.17, 15) is 9.59 Å². The van der Waals surface area contributed by atoms with Gasteiger partial charge in [0.1, 0.15) is 0 Å². The molecule has 2 atom stereocenters. The Morgan fingerprint density at radius 1 is 1.44 bits per heavy atom. The van der Waals surface area contributed by atoms with Gasteiger partial charge in [0.2, 0.25) is 5.78 Å². The van der Waals surface area contributed by atoms with Crippen LogP contribution in [-0.4, -0.2) is 18.7 Å². The van der Waals surface area contributed by atoms with Crippen molar-refractivity contribution in [2.75, 3.05) is 7.11 Å². The van der Waals surface area contributed by atoms with E-state index in [1.54, 1.807) is 0 Å². The van der Waals surface area contributed by atoms with Gasteiger partial charge in [0, 0.05) is 17.4 Å². The molecule has 0 N–H and O–H groups in total. The smallest absolute Gasteiger partial charge is 0.201 e. The van der Waals surface area contributed by atoms with Crippen LogP contribution in [0.3, 0.4) is 0 Å². The highest BCUT2D eigenvalue weighted by atomic mass is 16.5. The van der Waals surface area contributed by atoms with Gasteiger partial charge in [-0.1, -0.05) is 18.6 Å². The van der Waals surface area contributed by atoms with Crippen molar-refractivity contribution in [1.82, 2.24) is 0 Å². The van der Waals surface area contributed by atoms with Crippen molar-refractivity contribution in [2.24, 2.45) is 11.3 Å². The van der Waals surface area contributed by atoms with Gasteiger partial charge in [-0.25, -0.2) is 0 Å². The normalized spacial score (nSPS) is 34.1. The minimum atomic E-state index is -0.557. The Bertz CT molecular complexity index is 417. The Kier molecular flexibility index (Phi) is 2.49. The summed E-state index contributed by atoms with van der Waals surface area (Å²) < 4.78 is 4.97. The molecular weight excluding hydrogens is 204 g/mol. The van der Waals surface area contributed by atoms with Gasteiger partial charge < -0.3 is 4.74 Å². The highest BCUT2D eigenvalue weighted by Gasteiger charge is 2.49. The number of allylic oxidation sites excluding steroid dienone is 4. The molecule has 0 spiro atoms. The molecule has 0 amide bonds. The maximum Gasteiger partial charge on any atom is 0.201 e. The molecule has 3 nitrogen and oxygen atoms in total. The van der Waals surface area contributed by atoms with Gasteiger partial charge in [-0.15, -0.1) is 0 Å². The van der Waals surface area contributed by atoms with Crippen molar-refractivity contribution in [3.05, 3.63) is 23.5 Å². The number of carbonyl (C=O) groups excluding carboxylic acids is 2. The van der Waals surface area contributed by atoms with Gasteiger partial charge in [0.15, 0.2) is 11.5 Å². The van der Waals surface area contributed by atoms with E-state index < -0.39 is 5.41 Å². The lowest BCUT2D eigenvalue weighted by atomic mass is 9.61. The lowest BCUT2D eigenvalue weighted by Gasteiger charge is -2.40. The maximum absolute atomic E-state index is 12.1. The van der Waals surface area contributed by atoms with Gasteiger partial charge in [-0.05, 0) is 19.8 Å². The molecule has 0 aromatic heterocycles. The number of hydrogen-bond acceptors (Lipinski definition) is 3. The van der Waals surface area contributed by atoms with Gasteiger partial charge in [-0.2, -0.15) is 0 Å². The van der Waals surface area contributed by atoms with Gasteiger partial charge in [-0.3, -0.25) is 9.59 Å². The fourth-order valence-electron chi connectivity index (χ4n) is 2.50. The van der Waals surface area contributed by atoms with Crippen LogP contribution in [0.4, 0.5) is 0 Å². The number of methoxy groups -OCH3 is 1. The molecule has 0 radical (unpaired) electrons. The summed E-state index contributed by atoms with van der Waals surface area (Å²) in [5, 5.41) is 0. The number of fused-ring (bicyclic) bond motifs is 1. The summed E-state index contributed by atoms with van der Waals surface area (Å²) >= 11 is 0. The molecule has 1 unspecified atom stereocenters. The zero-order chi connectivity index (χ0) is 11.9. The Labute approximate surface area is 95.2 Å². The van der Waals surface area contributed by atoms with Gasteiger partial charge in [0.05, 0.1) is 7.11 Å². The first kappa shape index (κ1) is 11.1. The summed E-state index contributed by atoms with van der Waals surface area (Å²) in [7, 11) is 1.44. The van der Waals surface area contributed by atoms with Crippen molar-refractivity contribution >= 4 is 11.6 Å². The monoisotopic (exact) mass is 220 g/mol. The largest absolute Gasteiger partial charge is 0.493 e. The number of Topliss-reactive ketones (excluding diaryl/α,β-unsaturated/α-hetero) is 1. The van der Waals surface area contributed by atoms with Crippen molar-refractivity contribution in [2.45, 2.75) is 26.7 Å². The van der Waals surface area contributed by atoms with Crippen LogP contribution in [0.5, 0.6) is 0 Å². The average molecular weight is 220 g/mol. The quantitative estimate of drug-likeness (QED) is 0.635. The van der Waals surface area contributed by atoms with Crippen molar-refractivity contribution in [1.29, 1.82) is 0 Å². The summed E-state index contributed by atoms with van der Waals surface area (Å²) in [5.41, 5.74) is 0.625. The van der Waals surface area contributed by atoms with Crippen LogP contribution < -0.4 is 0 Å². The standard InChI is InChI=1S/C13H16O3/c1-8-4-5-13(2)9(6-8)12(15)10(16-3)7-11(13)14/h4,7,9H,5-6H2,1-3H3/t9-,13?/m1/s1. The van der Waals surface area contributed by atoms with Crippen LogP contribution in [0.2, 0.25) is 0 Å². The summed E-state index contributed by atoms with van der Waals surface area (Å²) in [6, 6.07) is 0. The highest BCUT2D eigenvalue weighted by Crippen LogP contribution is 2.45. The first-order valence-electron chi connectivity index (χ1n) is 5.49. The molecule has 0 saturated heterocycles. The zero-order valence-electron chi connectivity index (χ0n) is 9.87. The molecule has 86 valence electrons. The van der Waals surface area contributed by atoms with Crippen molar-refractivity contribution < 1.29 is 14.3 Å². The van der Waals surface area contributed by atoms with Crippen molar-refractivity contribution in [3.8, 4) is 0 Å². The Balaban J connectivity index is 2.46. The third-order valence-corrected chi connectivity index (χ3v) is 3.77. The van der Waals surface area contributed by atoms with Crippen LogP contribution in [0, 0.1) is 11.3 Å². The number of hydrogen-bond donors (Lipinski definition) is 0. The minimum absolute atomic E-state index is 0.0118. The first-order chi connectivity index (χ1) is 7.49. The number of ether oxygens (including phenoxy) is 1. The van der Waals surface area contributed by atoms with Crippen LogP contribution in [-0.2, 0) is 14.3 Å². The second-order valence-corrected chi connectivity index (χ2v) is 4.87. The third kappa shape index (κ3) is 1.42. The van der Waals surface area contributed by atoms with E-state index in [1.807, 2.05) is 13.8 Å². The molecule has 2 aliphatic rings. The molecule has 0 fully saturated rings. The van der Waals surface area contributed by atoms with E-state index in [0.29, 0.717) is 12.8 Å². The zero-order valence-corrected chi connectivity index (χ0v) is 9.87. The summed E-state index contributed by atoms with van der Waals surface area (Å²) in [4.78, 5) is 24.1. The second kappa shape index (κ2) is 3.58. The molecular formula is C13H16O3. The fourth-order valence-corrected chi connectivity index (χ4v) is 2.50. The van der Waals surface area contributed by atoms with Gasteiger partial charge >= 0.3 is 0 Å². The summed E-state index contributed by atoms with van der Waals surface area (Å²) in [6.45, 7) is 3.88. The van der Waals surface area contributed by atoms with Crippen molar-refractivity contribution in [3.63, 3.8) is 0 Å². The third-order valence-electron chi connectivity index (χ3n) is 3.77. The summed E-state index contributed by atoms with van der Waals surface area (Å²) in [6.07, 6.45) is 4.74. The van der Waals surface area contributed by atoms with E-state index in [2.05, 4.69) is 6.08 Å². The van der Waals surface area contributed by atoms with E-state index >= 15 is 0 Å². The fraction of sp³-hybridized carbons (Fsp3) is 0.538. The molecule has 2 aliphatic carbocycles. The van der Waals surface area contributed by atoms with Crippen LogP contribution in [0.1, 0.15) is 26.7 Å². The van der Waals surface area contributed by atoms with E-state index in [0.717, 1.165) is 0 Å². The number of rotatable bonds is 1. The predicted octanol–water partition coefficient (Wildman–Crippen LogP) is 2.03. The van der Waals surface area contributed by atoms with E-state index in [4.69, 9.17) is 4.74 Å². The van der Waals surface area contributed by atoms with Crippen LogP contribution >= 0.6 is 0 Å². The molecule has 0 aliphatic heterocycles. The molecule has 0 bridgehead atoms. The lowest BCUT2D eigenvalue weighted by molar-refractivity contribution is -0.138. The Hall–Kier alpha value is -1.38. The summed E-state index contributed by atoms with van der Waals surface area (Å²) in [5.74, 6) is -0.0538. The van der Waals surface area contributed by atoms with Crippen LogP contribution in [0.15, 0.2) is 23.5 Å². The molecule has 0 heterocycles. The van der Waals surface area contributed by atoms with E-state index in [1.165, 1.54) is 18.8 Å². The first-order valence-corrected chi connectivity index (χ1v) is 5.49. The SMILES string of the molecule is COC1=CC(=O)C2(C)CC=C(C)C[C@@H]2C1=O. The lowest BCUT2D eigenvalue weighted by Crippen LogP contribution is -2.45. The number of carbonyl (C=O) groups is 2. The second-order valence-electron chi connectivity index (χ2n) is 4.87. The molecule has 0 aromatic carbocycles. The Morgan fingerprint density at radius 3 is 2.75 bits per heavy atom. The van der Waals surface area contributed by atoms with Gasteiger partial charge in [0.25, 0.3) is 0 Å². The van der Waals surface area contributed by atoms with E-state index in [-0.39, 0.29) is 23.2 Å². The topological polar surface area (TPSA) is 43.4 Å². The predicted molar refractivity (Wildman–Crippen MR) is 59.7 cm³/mol. The highest BCUT2D eigenvalue weighted by molar-refractivity contribution is 6.11. The maximum atomic E-state index is 12.1. The Morgan fingerprint density at radius 2 is 2.12 bits per heavy atom. The molecule has 2 rings (SSSR count). The number of ketones is 2. The van der Waals surface area contributed by atoms with Crippen LogP contribution in [0.25, 0.3) is 0 Å². The molecule has 16 heavy (non-hydrogen) atoms. The molecule has 3 heteroatoms. The average Bonchev–Trinajstić information content (AvgIpc) is 2.26. The minimum Gasteiger partial charge on any atom is -0.493 e.